The molecule has 4 N–H and O–H groups in total. The fraction of sp³-hybridized carbons (Fsp3) is 0.385. The number of carbonyl (C=O) groups is 2. The number of aliphatic carboxylic acids is 1. The summed E-state index contributed by atoms with van der Waals surface area (Å²) in [5.74, 6) is -1.38. The fourth-order valence-electron chi connectivity index (χ4n) is 2.24. The molecule has 1 aromatic carbocycles. The largest absolute Gasteiger partial charge is 0.480 e. The van der Waals surface area contributed by atoms with Gasteiger partial charge in [0.2, 0.25) is 5.91 Å². The highest BCUT2D eigenvalue weighted by molar-refractivity contribution is 5.85. The van der Waals surface area contributed by atoms with Crippen molar-refractivity contribution in [3.8, 4) is 0 Å². The molecular formula is C13H16N2O4. The van der Waals surface area contributed by atoms with Crippen LogP contribution in [0.2, 0.25) is 0 Å². The van der Waals surface area contributed by atoms with Crippen LogP contribution >= 0.6 is 0 Å². The molecule has 0 spiro atoms. The van der Waals surface area contributed by atoms with Gasteiger partial charge in [0.05, 0.1) is 12.5 Å². The number of rotatable bonds is 3. The Kier molecular flexibility index (Phi) is 3.71. The van der Waals surface area contributed by atoms with E-state index in [-0.39, 0.29) is 25.3 Å². The van der Waals surface area contributed by atoms with Gasteiger partial charge in [0.25, 0.3) is 0 Å². The van der Waals surface area contributed by atoms with E-state index in [9.17, 15) is 14.7 Å². The van der Waals surface area contributed by atoms with Crippen molar-refractivity contribution in [2.45, 2.75) is 25.0 Å². The first kappa shape index (κ1) is 13.4. The van der Waals surface area contributed by atoms with E-state index in [1.54, 1.807) is 24.3 Å². The number of carboxylic acids is 1. The van der Waals surface area contributed by atoms with Crippen LogP contribution in [0.5, 0.6) is 0 Å². The highest BCUT2D eigenvalue weighted by Crippen LogP contribution is 2.19. The summed E-state index contributed by atoms with van der Waals surface area (Å²) >= 11 is 0. The molecule has 0 aromatic heterocycles. The van der Waals surface area contributed by atoms with E-state index < -0.39 is 18.1 Å². The predicted octanol–water partition coefficient (Wildman–Crippen LogP) is -0.142. The van der Waals surface area contributed by atoms with Gasteiger partial charge in [-0.05, 0) is 17.7 Å². The second kappa shape index (κ2) is 5.27. The summed E-state index contributed by atoms with van der Waals surface area (Å²) in [4.78, 5) is 24.3. The highest BCUT2D eigenvalue weighted by Gasteiger charge is 2.38. The topological polar surface area (TPSA) is 104 Å². The lowest BCUT2D eigenvalue weighted by molar-refractivity contribution is -0.148. The Morgan fingerprint density at radius 1 is 1.32 bits per heavy atom. The van der Waals surface area contributed by atoms with E-state index in [1.165, 1.54) is 4.90 Å². The molecule has 0 unspecified atom stereocenters. The first-order valence-electron chi connectivity index (χ1n) is 6.02. The number of nitrogens with two attached hydrogens (primary N) is 1. The molecule has 1 saturated heterocycles. The Labute approximate surface area is 110 Å². The van der Waals surface area contributed by atoms with Gasteiger partial charge in [-0.3, -0.25) is 4.79 Å². The SMILES string of the molecule is Nc1ccc(CC(=O)N2C[C@H](O)C[C@@H]2C(=O)O)cc1. The van der Waals surface area contributed by atoms with Crippen molar-refractivity contribution in [1.29, 1.82) is 0 Å². The average Bonchev–Trinajstić information content (AvgIpc) is 2.74. The molecule has 1 aliphatic rings. The summed E-state index contributed by atoms with van der Waals surface area (Å²) in [5, 5.41) is 18.5. The Balaban J connectivity index is 2.06. The number of hydrogen-bond donors (Lipinski definition) is 3. The summed E-state index contributed by atoms with van der Waals surface area (Å²) < 4.78 is 0. The van der Waals surface area contributed by atoms with Crippen LogP contribution < -0.4 is 5.73 Å². The van der Waals surface area contributed by atoms with E-state index in [0.717, 1.165) is 5.56 Å². The molecule has 1 aromatic rings. The Morgan fingerprint density at radius 2 is 1.95 bits per heavy atom. The number of nitrogen functional groups attached to an aromatic ring is 1. The number of aliphatic hydroxyl groups is 1. The number of likely N-dealkylation sites (tertiary alicyclic amines) is 1. The second-order valence-corrected chi connectivity index (χ2v) is 4.71. The number of aliphatic hydroxyl groups excluding tert-OH is 1. The zero-order valence-electron chi connectivity index (χ0n) is 10.3. The number of amides is 1. The summed E-state index contributed by atoms with van der Waals surface area (Å²) in [7, 11) is 0. The maximum atomic E-state index is 12.1. The highest BCUT2D eigenvalue weighted by atomic mass is 16.4. The van der Waals surface area contributed by atoms with Gasteiger partial charge in [-0.1, -0.05) is 12.1 Å². The number of β-amino-alcohol motifs (C(OH)–C–C–N with tert-alkyl or cyclic N) is 1. The molecule has 1 heterocycles. The fourth-order valence-corrected chi connectivity index (χ4v) is 2.24. The molecule has 1 aliphatic heterocycles. The van der Waals surface area contributed by atoms with Gasteiger partial charge in [0.15, 0.2) is 0 Å². The minimum atomic E-state index is -1.08. The van der Waals surface area contributed by atoms with E-state index in [0.29, 0.717) is 5.69 Å². The first-order valence-corrected chi connectivity index (χ1v) is 6.02. The third-order valence-corrected chi connectivity index (χ3v) is 3.22. The van der Waals surface area contributed by atoms with Crippen LogP contribution in [0, 0.1) is 0 Å². The smallest absolute Gasteiger partial charge is 0.326 e. The van der Waals surface area contributed by atoms with Crippen molar-refractivity contribution in [2.75, 3.05) is 12.3 Å². The standard InChI is InChI=1S/C13H16N2O4/c14-9-3-1-8(2-4-9)5-12(17)15-7-10(16)6-11(15)13(18)19/h1-4,10-11,16H,5-7,14H2,(H,18,19)/t10-,11-/m1/s1. The first-order chi connectivity index (χ1) is 8.97. The van der Waals surface area contributed by atoms with Gasteiger partial charge >= 0.3 is 5.97 Å². The van der Waals surface area contributed by atoms with E-state index >= 15 is 0 Å². The minimum absolute atomic E-state index is 0.0742. The molecule has 0 aliphatic carbocycles. The van der Waals surface area contributed by atoms with Gasteiger partial charge in [0, 0.05) is 18.7 Å². The third kappa shape index (κ3) is 3.03. The van der Waals surface area contributed by atoms with Crippen molar-refractivity contribution < 1.29 is 19.8 Å². The van der Waals surface area contributed by atoms with E-state index in [2.05, 4.69) is 0 Å². The average molecular weight is 264 g/mol. The number of benzene rings is 1. The van der Waals surface area contributed by atoms with Crippen LogP contribution in [0.15, 0.2) is 24.3 Å². The maximum absolute atomic E-state index is 12.1. The van der Waals surface area contributed by atoms with Crippen LogP contribution in [0.25, 0.3) is 0 Å². The number of hydrogen-bond acceptors (Lipinski definition) is 4. The molecule has 2 rings (SSSR count). The number of carbonyl (C=O) groups excluding carboxylic acids is 1. The lowest BCUT2D eigenvalue weighted by atomic mass is 10.1. The van der Waals surface area contributed by atoms with Gasteiger partial charge in [-0.2, -0.15) is 0 Å². The molecule has 1 fully saturated rings. The molecule has 6 nitrogen and oxygen atoms in total. The van der Waals surface area contributed by atoms with Crippen molar-refractivity contribution in [2.24, 2.45) is 0 Å². The molecular weight excluding hydrogens is 248 g/mol. The molecule has 2 atom stereocenters. The zero-order chi connectivity index (χ0) is 14.0. The summed E-state index contributed by atoms with van der Waals surface area (Å²) in [6.07, 6.45) is -0.573. The lowest BCUT2D eigenvalue weighted by Crippen LogP contribution is -2.41. The molecule has 6 heteroatoms. The van der Waals surface area contributed by atoms with Crippen LogP contribution in [0.4, 0.5) is 5.69 Å². The van der Waals surface area contributed by atoms with Crippen molar-refractivity contribution in [3.05, 3.63) is 29.8 Å². The maximum Gasteiger partial charge on any atom is 0.326 e. The van der Waals surface area contributed by atoms with Crippen molar-refractivity contribution >= 4 is 17.6 Å². The van der Waals surface area contributed by atoms with Gasteiger partial charge in [-0.25, -0.2) is 4.79 Å². The molecule has 1 amide bonds. The van der Waals surface area contributed by atoms with Gasteiger partial charge < -0.3 is 20.8 Å². The van der Waals surface area contributed by atoms with E-state index in [1.807, 2.05) is 0 Å². The number of carboxylic acid groups (broad SMARTS) is 1. The molecule has 19 heavy (non-hydrogen) atoms. The summed E-state index contributed by atoms with van der Waals surface area (Å²) in [5.41, 5.74) is 6.93. The number of anilines is 1. The third-order valence-electron chi connectivity index (χ3n) is 3.22. The van der Waals surface area contributed by atoms with Crippen molar-refractivity contribution in [3.63, 3.8) is 0 Å². The monoisotopic (exact) mass is 264 g/mol. The Bertz CT molecular complexity index is 486. The summed E-state index contributed by atoms with van der Waals surface area (Å²) in [6.45, 7) is 0.0742. The predicted molar refractivity (Wildman–Crippen MR) is 68.3 cm³/mol. The van der Waals surface area contributed by atoms with Crippen LogP contribution in [-0.2, 0) is 16.0 Å². The van der Waals surface area contributed by atoms with Crippen LogP contribution in [-0.4, -0.2) is 45.7 Å². The van der Waals surface area contributed by atoms with Gasteiger partial charge in [0.1, 0.15) is 6.04 Å². The quantitative estimate of drug-likeness (QED) is 0.659. The van der Waals surface area contributed by atoms with Crippen LogP contribution in [0.3, 0.4) is 0 Å². The normalized spacial score (nSPS) is 22.5. The lowest BCUT2D eigenvalue weighted by Gasteiger charge is -2.21. The molecule has 0 saturated carbocycles. The van der Waals surface area contributed by atoms with Crippen LogP contribution in [0.1, 0.15) is 12.0 Å². The van der Waals surface area contributed by atoms with Crippen molar-refractivity contribution in [1.82, 2.24) is 4.90 Å². The molecule has 0 bridgehead atoms. The minimum Gasteiger partial charge on any atom is -0.480 e. The summed E-state index contributed by atoms with van der Waals surface area (Å²) in [6, 6.07) is 5.91. The molecule has 102 valence electrons. The molecule has 0 radical (unpaired) electrons. The Hall–Kier alpha value is -2.08. The van der Waals surface area contributed by atoms with E-state index in [4.69, 9.17) is 10.8 Å². The second-order valence-electron chi connectivity index (χ2n) is 4.71. The number of nitrogens with zero attached hydrogens (tertiary/aromatic N) is 1. The van der Waals surface area contributed by atoms with Gasteiger partial charge in [-0.15, -0.1) is 0 Å². The zero-order valence-corrected chi connectivity index (χ0v) is 10.3. The Morgan fingerprint density at radius 3 is 2.53 bits per heavy atom.